The number of thioether (sulfide) groups is 1. The molecule has 0 aromatic carbocycles. The van der Waals surface area contributed by atoms with E-state index in [9.17, 15) is 23.1 Å². The van der Waals surface area contributed by atoms with E-state index < -0.39 is 32.7 Å². The Labute approximate surface area is 141 Å². The standard InChI is InChI=1S/C15H25NO5S2/c1-14(2)9-5-7-15(14,3)12(17)11(9)23(20,21)16-10(13(18)19)6-8-22-4/h9-11,16H,5-8H2,1-4H3,(H,18,19)/t9?,10-,11?,15?/m0/s1. The number of Topliss-reactive ketones (excluding diaryl/α,β-unsaturated/α-hetero) is 1. The highest BCUT2D eigenvalue weighted by atomic mass is 32.2. The van der Waals surface area contributed by atoms with Crippen LogP contribution < -0.4 is 4.72 Å². The zero-order valence-corrected chi connectivity index (χ0v) is 15.6. The molecule has 2 bridgehead atoms. The molecule has 132 valence electrons. The van der Waals surface area contributed by atoms with E-state index in [1.165, 1.54) is 11.8 Å². The number of nitrogens with one attached hydrogen (secondary N) is 1. The smallest absolute Gasteiger partial charge is 0.321 e. The molecule has 0 radical (unpaired) electrons. The molecule has 0 aliphatic heterocycles. The number of carbonyl (C=O) groups excluding carboxylic acids is 1. The summed E-state index contributed by atoms with van der Waals surface area (Å²) in [6, 6.07) is -1.18. The van der Waals surface area contributed by atoms with Crippen molar-refractivity contribution in [1.29, 1.82) is 0 Å². The van der Waals surface area contributed by atoms with Gasteiger partial charge in [-0.2, -0.15) is 11.8 Å². The molecule has 0 amide bonds. The molecule has 2 fully saturated rings. The molecule has 2 N–H and O–H groups in total. The molecule has 2 aliphatic rings. The van der Waals surface area contributed by atoms with Crippen LogP contribution in [-0.2, 0) is 19.6 Å². The van der Waals surface area contributed by atoms with Crippen LogP contribution in [0.4, 0.5) is 0 Å². The number of hydrogen-bond acceptors (Lipinski definition) is 5. The van der Waals surface area contributed by atoms with E-state index in [2.05, 4.69) is 4.72 Å². The summed E-state index contributed by atoms with van der Waals surface area (Å²) in [4.78, 5) is 24.1. The van der Waals surface area contributed by atoms with Crippen LogP contribution in [-0.4, -0.2) is 48.6 Å². The van der Waals surface area contributed by atoms with Crippen molar-refractivity contribution in [3.05, 3.63) is 0 Å². The van der Waals surface area contributed by atoms with Crippen LogP contribution in [0.3, 0.4) is 0 Å². The van der Waals surface area contributed by atoms with Crippen molar-refractivity contribution < 1.29 is 23.1 Å². The summed E-state index contributed by atoms with van der Waals surface area (Å²) < 4.78 is 27.8. The molecule has 8 heteroatoms. The number of fused-ring (bicyclic) bond motifs is 2. The van der Waals surface area contributed by atoms with Gasteiger partial charge in [0, 0.05) is 5.41 Å². The highest BCUT2D eigenvalue weighted by Crippen LogP contribution is 2.64. The Balaban J connectivity index is 2.27. The maximum absolute atomic E-state index is 12.7. The van der Waals surface area contributed by atoms with E-state index in [1.807, 2.05) is 27.0 Å². The SMILES string of the molecule is CSCC[C@H](NS(=O)(=O)C1C(=O)C2(C)CCC1C2(C)C)C(=O)O. The van der Waals surface area contributed by atoms with Crippen LogP contribution in [0, 0.1) is 16.7 Å². The largest absolute Gasteiger partial charge is 0.480 e. The second kappa shape index (κ2) is 6.04. The maximum Gasteiger partial charge on any atom is 0.321 e. The lowest BCUT2D eigenvalue weighted by Gasteiger charge is -2.32. The normalized spacial score (nSPS) is 33.8. The number of carboxylic acid groups (broad SMARTS) is 1. The highest BCUT2D eigenvalue weighted by molar-refractivity contribution is 7.98. The van der Waals surface area contributed by atoms with Crippen LogP contribution in [0.15, 0.2) is 0 Å². The van der Waals surface area contributed by atoms with Crippen molar-refractivity contribution in [2.45, 2.75) is 51.3 Å². The summed E-state index contributed by atoms with van der Waals surface area (Å²) in [6.07, 6.45) is 3.41. The fourth-order valence-corrected chi connectivity index (χ4v) is 6.78. The van der Waals surface area contributed by atoms with Gasteiger partial charge in [-0.25, -0.2) is 13.1 Å². The van der Waals surface area contributed by atoms with Gasteiger partial charge in [-0.3, -0.25) is 9.59 Å². The quantitative estimate of drug-likeness (QED) is 0.711. The number of carbonyl (C=O) groups is 2. The minimum absolute atomic E-state index is 0.196. The lowest BCUT2D eigenvalue weighted by molar-refractivity contribution is -0.139. The van der Waals surface area contributed by atoms with Gasteiger partial charge in [0.25, 0.3) is 0 Å². The van der Waals surface area contributed by atoms with Crippen molar-refractivity contribution in [3.8, 4) is 0 Å². The first kappa shape index (κ1) is 18.7. The highest BCUT2D eigenvalue weighted by Gasteiger charge is 2.69. The first-order valence-electron chi connectivity index (χ1n) is 7.76. The van der Waals surface area contributed by atoms with Crippen LogP contribution in [0.1, 0.15) is 40.0 Å². The van der Waals surface area contributed by atoms with Gasteiger partial charge >= 0.3 is 5.97 Å². The van der Waals surface area contributed by atoms with Crippen molar-refractivity contribution in [3.63, 3.8) is 0 Å². The Morgan fingerprint density at radius 1 is 1.43 bits per heavy atom. The van der Waals surface area contributed by atoms with E-state index in [1.54, 1.807) is 0 Å². The molecule has 0 heterocycles. The minimum Gasteiger partial charge on any atom is -0.480 e. The van der Waals surface area contributed by atoms with Crippen molar-refractivity contribution >= 4 is 33.5 Å². The molecule has 3 unspecified atom stereocenters. The molecule has 4 atom stereocenters. The Morgan fingerprint density at radius 3 is 2.48 bits per heavy atom. The molecule has 23 heavy (non-hydrogen) atoms. The minimum atomic E-state index is -4.01. The molecule has 2 saturated carbocycles. The van der Waals surface area contributed by atoms with Crippen LogP contribution in [0.5, 0.6) is 0 Å². The summed E-state index contributed by atoms with van der Waals surface area (Å²) in [5.41, 5.74) is -1.03. The number of hydrogen-bond donors (Lipinski definition) is 2. The van der Waals surface area contributed by atoms with E-state index in [4.69, 9.17) is 0 Å². The summed E-state index contributed by atoms with van der Waals surface area (Å²) in [5, 5.41) is 8.10. The first-order chi connectivity index (χ1) is 10.5. The number of carboxylic acids is 1. The second-order valence-corrected chi connectivity index (χ2v) is 10.1. The Kier molecular flexibility index (Phi) is 4.92. The third kappa shape index (κ3) is 2.82. The summed E-state index contributed by atoms with van der Waals surface area (Å²) in [7, 11) is -4.01. The Morgan fingerprint density at radius 2 is 2.04 bits per heavy atom. The second-order valence-electron chi connectivity index (χ2n) is 7.32. The zero-order chi connectivity index (χ0) is 17.6. The van der Waals surface area contributed by atoms with Crippen LogP contribution >= 0.6 is 11.8 Å². The molecule has 2 rings (SSSR count). The molecule has 0 aromatic heterocycles. The molecule has 0 spiro atoms. The number of aliphatic carboxylic acids is 1. The van der Waals surface area contributed by atoms with E-state index >= 15 is 0 Å². The zero-order valence-electron chi connectivity index (χ0n) is 14.0. The molecule has 0 saturated heterocycles. The van der Waals surface area contributed by atoms with E-state index in [-0.39, 0.29) is 23.5 Å². The van der Waals surface area contributed by atoms with Crippen molar-refractivity contribution in [2.24, 2.45) is 16.7 Å². The molecule has 2 aliphatic carbocycles. The van der Waals surface area contributed by atoms with E-state index in [0.29, 0.717) is 18.6 Å². The van der Waals surface area contributed by atoms with Crippen molar-refractivity contribution in [2.75, 3.05) is 12.0 Å². The molecule has 0 aromatic rings. The lowest BCUT2D eigenvalue weighted by Crippen LogP contribution is -2.50. The Bertz CT molecular complexity index is 615. The van der Waals surface area contributed by atoms with Gasteiger partial charge < -0.3 is 5.11 Å². The monoisotopic (exact) mass is 363 g/mol. The predicted molar refractivity (Wildman–Crippen MR) is 89.9 cm³/mol. The summed E-state index contributed by atoms with van der Waals surface area (Å²) in [6.45, 7) is 5.73. The third-order valence-electron chi connectivity index (χ3n) is 6.02. The van der Waals surface area contributed by atoms with Gasteiger partial charge in [-0.1, -0.05) is 20.8 Å². The number of ketones is 1. The van der Waals surface area contributed by atoms with Gasteiger partial charge in [0.2, 0.25) is 10.0 Å². The van der Waals surface area contributed by atoms with Crippen molar-refractivity contribution in [1.82, 2.24) is 4.72 Å². The van der Waals surface area contributed by atoms with Crippen LogP contribution in [0.2, 0.25) is 0 Å². The van der Waals surface area contributed by atoms with E-state index in [0.717, 1.165) is 0 Å². The topological polar surface area (TPSA) is 101 Å². The van der Waals surface area contributed by atoms with Gasteiger partial charge in [-0.05, 0) is 42.6 Å². The Hall–Kier alpha value is -0.600. The summed E-state index contributed by atoms with van der Waals surface area (Å²) in [5.74, 6) is -1.19. The number of sulfonamides is 1. The fourth-order valence-electron chi connectivity index (χ4n) is 4.10. The maximum atomic E-state index is 12.7. The third-order valence-corrected chi connectivity index (χ3v) is 8.49. The van der Waals surface area contributed by atoms with Gasteiger partial charge in [0.1, 0.15) is 11.3 Å². The fraction of sp³-hybridized carbons (Fsp3) is 0.867. The average molecular weight is 364 g/mol. The number of rotatable bonds is 7. The lowest BCUT2D eigenvalue weighted by atomic mass is 9.70. The first-order valence-corrected chi connectivity index (χ1v) is 10.7. The van der Waals surface area contributed by atoms with Gasteiger partial charge in [0.15, 0.2) is 5.78 Å². The molecule has 6 nitrogen and oxygen atoms in total. The molecular weight excluding hydrogens is 338 g/mol. The van der Waals surface area contributed by atoms with Crippen LogP contribution in [0.25, 0.3) is 0 Å². The predicted octanol–water partition coefficient (Wildman–Crippen LogP) is 1.51. The molecular formula is C15H25NO5S2. The average Bonchev–Trinajstić information content (AvgIpc) is 2.75. The van der Waals surface area contributed by atoms with Gasteiger partial charge in [0.05, 0.1) is 0 Å². The van der Waals surface area contributed by atoms with Gasteiger partial charge in [-0.15, -0.1) is 0 Å². The summed E-state index contributed by atoms with van der Waals surface area (Å²) >= 11 is 1.45.